The average Bonchev–Trinajstić information content (AvgIpc) is 2.98. The third-order valence-electron chi connectivity index (χ3n) is 5.33. The fraction of sp³-hybridized carbons (Fsp3) is 0.600. The monoisotopic (exact) mass is 419 g/mol. The third kappa shape index (κ3) is 4.15. The van der Waals surface area contributed by atoms with Gasteiger partial charge < -0.3 is 14.5 Å². The lowest BCUT2D eigenvalue weighted by molar-refractivity contribution is 0.0266. The molecule has 0 aromatic heterocycles. The van der Waals surface area contributed by atoms with E-state index in [-0.39, 0.29) is 11.5 Å². The van der Waals surface area contributed by atoms with Crippen LogP contribution in [0.2, 0.25) is 0 Å². The number of anilines is 1. The van der Waals surface area contributed by atoms with Crippen LogP contribution in [-0.2, 0) is 4.74 Å². The zero-order chi connectivity index (χ0) is 18.9. The predicted molar refractivity (Wildman–Crippen MR) is 105 cm³/mol. The number of rotatable bonds is 1. The molecule has 3 rings (SSSR count). The lowest BCUT2D eigenvalue weighted by Crippen LogP contribution is -2.43. The van der Waals surface area contributed by atoms with Crippen LogP contribution in [-0.4, -0.2) is 42.8 Å². The van der Waals surface area contributed by atoms with Gasteiger partial charge in [-0.3, -0.25) is 0 Å². The van der Waals surface area contributed by atoms with Crippen molar-refractivity contribution >= 4 is 27.7 Å². The number of benzene rings is 1. The number of likely N-dealkylation sites (tertiary alicyclic amines) is 1. The summed E-state index contributed by atoms with van der Waals surface area (Å²) in [4.78, 5) is 16.5. The molecule has 1 aromatic rings. The molecule has 0 radical (unpaired) electrons. The largest absolute Gasteiger partial charge is 0.444 e. The second kappa shape index (κ2) is 7.11. The summed E-state index contributed by atoms with van der Waals surface area (Å²) in [7, 11) is 0. The van der Waals surface area contributed by atoms with Gasteiger partial charge in [-0.05, 0) is 63.6 Å². The lowest BCUT2D eigenvalue weighted by atomic mass is 9.77. The summed E-state index contributed by atoms with van der Waals surface area (Å²) in [6, 6.07) is 8.17. The first-order chi connectivity index (χ1) is 12.2. The fourth-order valence-electron chi connectivity index (χ4n) is 3.92. The molecule has 1 spiro atoms. The molecule has 0 bridgehead atoms. The summed E-state index contributed by atoms with van der Waals surface area (Å²) in [6.45, 7) is 9.09. The van der Waals surface area contributed by atoms with Gasteiger partial charge in [0.05, 0.1) is 11.3 Å². The van der Waals surface area contributed by atoms with Crippen LogP contribution >= 0.6 is 15.9 Å². The number of carbonyl (C=O) groups is 1. The van der Waals surface area contributed by atoms with Crippen molar-refractivity contribution in [2.24, 2.45) is 5.41 Å². The number of piperidine rings is 1. The zero-order valence-electron chi connectivity index (χ0n) is 15.7. The van der Waals surface area contributed by atoms with Crippen LogP contribution in [0.5, 0.6) is 0 Å². The minimum Gasteiger partial charge on any atom is -0.444 e. The molecule has 0 aliphatic carbocycles. The fourth-order valence-corrected chi connectivity index (χ4v) is 4.28. The molecule has 1 aromatic carbocycles. The number of hydrogen-bond acceptors (Lipinski definition) is 4. The SMILES string of the molecule is CC(C)(C)OC(=O)N1CCC2(CCN(c3ccc(Br)cc3C#N)CC2)C1. The molecule has 140 valence electrons. The standard InChI is InChI=1S/C20H26BrN3O2/c1-19(2,3)26-18(25)24-11-8-20(14-24)6-9-23(10-7-20)17-5-4-16(21)12-15(17)13-22/h4-5,12H,6-11,14H2,1-3H3. The Labute approximate surface area is 164 Å². The quantitative estimate of drug-likeness (QED) is 0.669. The van der Waals surface area contributed by atoms with Crippen LogP contribution in [0, 0.1) is 16.7 Å². The molecule has 2 saturated heterocycles. The molecule has 2 fully saturated rings. The number of halogens is 1. The second-order valence-electron chi connectivity index (χ2n) is 8.41. The molecule has 2 heterocycles. The van der Waals surface area contributed by atoms with Crippen molar-refractivity contribution in [2.45, 2.75) is 45.6 Å². The number of carbonyl (C=O) groups excluding carboxylic acids is 1. The second-order valence-corrected chi connectivity index (χ2v) is 9.33. The van der Waals surface area contributed by atoms with Gasteiger partial charge in [-0.2, -0.15) is 5.26 Å². The summed E-state index contributed by atoms with van der Waals surface area (Å²) < 4.78 is 6.45. The molecular weight excluding hydrogens is 394 g/mol. The van der Waals surface area contributed by atoms with Crippen molar-refractivity contribution in [1.29, 1.82) is 5.26 Å². The van der Waals surface area contributed by atoms with Crippen LogP contribution in [0.25, 0.3) is 0 Å². The van der Waals surface area contributed by atoms with E-state index in [9.17, 15) is 10.1 Å². The topological polar surface area (TPSA) is 56.6 Å². The number of amides is 1. The summed E-state index contributed by atoms with van der Waals surface area (Å²) in [5.41, 5.74) is 1.45. The van der Waals surface area contributed by atoms with Crippen molar-refractivity contribution in [3.05, 3.63) is 28.2 Å². The van der Waals surface area contributed by atoms with Crippen molar-refractivity contribution < 1.29 is 9.53 Å². The van der Waals surface area contributed by atoms with Gasteiger partial charge in [0, 0.05) is 30.7 Å². The Morgan fingerprint density at radius 1 is 1.23 bits per heavy atom. The highest BCUT2D eigenvalue weighted by Crippen LogP contribution is 2.42. The van der Waals surface area contributed by atoms with E-state index in [4.69, 9.17) is 4.74 Å². The number of hydrogen-bond donors (Lipinski definition) is 0. The van der Waals surface area contributed by atoms with Gasteiger partial charge in [0.25, 0.3) is 0 Å². The number of nitriles is 1. The highest BCUT2D eigenvalue weighted by molar-refractivity contribution is 9.10. The summed E-state index contributed by atoms with van der Waals surface area (Å²) in [6.07, 6.45) is 2.91. The Hall–Kier alpha value is -1.74. The van der Waals surface area contributed by atoms with E-state index in [1.54, 1.807) is 0 Å². The van der Waals surface area contributed by atoms with E-state index in [1.165, 1.54) is 0 Å². The van der Waals surface area contributed by atoms with E-state index in [1.807, 2.05) is 43.9 Å². The van der Waals surface area contributed by atoms with Crippen molar-refractivity contribution in [3.63, 3.8) is 0 Å². The lowest BCUT2D eigenvalue weighted by Gasteiger charge is -2.40. The van der Waals surface area contributed by atoms with Gasteiger partial charge in [0.2, 0.25) is 0 Å². The molecule has 6 heteroatoms. The highest BCUT2D eigenvalue weighted by atomic mass is 79.9. The predicted octanol–water partition coefficient (Wildman–Crippen LogP) is 4.55. The van der Waals surface area contributed by atoms with Gasteiger partial charge in [-0.25, -0.2) is 4.79 Å². The Balaban J connectivity index is 1.62. The highest BCUT2D eigenvalue weighted by Gasteiger charge is 2.43. The van der Waals surface area contributed by atoms with Gasteiger partial charge in [-0.15, -0.1) is 0 Å². The van der Waals surface area contributed by atoms with Crippen LogP contribution < -0.4 is 4.90 Å². The Morgan fingerprint density at radius 3 is 2.50 bits per heavy atom. The van der Waals surface area contributed by atoms with E-state index in [0.717, 1.165) is 55.6 Å². The van der Waals surface area contributed by atoms with Crippen LogP contribution in [0.1, 0.15) is 45.6 Å². The molecule has 0 unspecified atom stereocenters. The molecule has 5 nitrogen and oxygen atoms in total. The molecule has 26 heavy (non-hydrogen) atoms. The van der Waals surface area contributed by atoms with Crippen molar-refractivity contribution in [2.75, 3.05) is 31.1 Å². The van der Waals surface area contributed by atoms with E-state index in [2.05, 4.69) is 26.9 Å². The first-order valence-electron chi connectivity index (χ1n) is 9.14. The van der Waals surface area contributed by atoms with Gasteiger partial charge in [0.15, 0.2) is 0 Å². The number of ether oxygens (including phenoxy) is 1. The van der Waals surface area contributed by atoms with Gasteiger partial charge in [-0.1, -0.05) is 15.9 Å². The first kappa shape index (κ1) is 19.0. The van der Waals surface area contributed by atoms with Gasteiger partial charge in [0.1, 0.15) is 11.7 Å². The van der Waals surface area contributed by atoms with Crippen molar-refractivity contribution in [1.82, 2.24) is 4.90 Å². The van der Waals surface area contributed by atoms with Crippen LogP contribution in [0.3, 0.4) is 0 Å². The van der Waals surface area contributed by atoms with E-state index >= 15 is 0 Å². The van der Waals surface area contributed by atoms with E-state index < -0.39 is 5.60 Å². The van der Waals surface area contributed by atoms with E-state index in [0.29, 0.717) is 5.56 Å². The van der Waals surface area contributed by atoms with Gasteiger partial charge >= 0.3 is 6.09 Å². The maximum absolute atomic E-state index is 12.3. The minimum absolute atomic E-state index is 0.190. The Morgan fingerprint density at radius 2 is 1.88 bits per heavy atom. The zero-order valence-corrected chi connectivity index (χ0v) is 17.3. The molecule has 1 amide bonds. The molecule has 2 aliphatic rings. The average molecular weight is 420 g/mol. The molecule has 0 N–H and O–H groups in total. The minimum atomic E-state index is -0.453. The first-order valence-corrected chi connectivity index (χ1v) is 9.93. The Kier molecular flexibility index (Phi) is 5.21. The smallest absolute Gasteiger partial charge is 0.410 e. The summed E-state index contributed by atoms with van der Waals surface area (Å²) in [5, 5.41) is 9.41. The summed E-state index contributed by atoms with van der Waals surface area (Å²) in [5.74, 6) is 0. The third-order valence-corrected chi connectivity index (χ3v) is 5.83. The number of nitrogens with zero attached hydrogens (tertiary/aromatic N) is 3. The molecule has 0 atom stereocenters. The summed E-state index contributed by atoms with van der Waals surface area (Å²) >= 11 is 3.43. The maximum Gasteiger partial charge on any atom is 0.410 e. The van der Waals surface area contributed by atoms with Crippen LogP contribution in [0.15, 0.2) is 22.7 Å². The Bertz CT molecular complexity index is 728. The van der Waals surface area contributed by atoms with Crippen LogP contribution in [0.4, 0.5) is 10.5 Å². The molecule has 0 saturated carbocycles. The molecule has 2 aliphatic heterocycles. The van der Waals surface area contributed by atoms with Crippen molar-refractivity contribution in [3.8, 4) is 6.07 Å². The maximum atomic E-state index is 12.3. The molecular formula is C20H26BrN3O2. The normalized spacial score (nSPS) is 19.5.